The van der Waals surface area contributed by atoms with Gasteiger partial charge in [0.05, 0.1) is 0 Å². The number of anilines is 2. The molecule has 1 aromatic rings. The van der Waals surface area contributed by atoms with E-state index in [0.29, 0.717) is 23.1 Å². The predicted octanol–water partition coefficient (Wildman–Crippen LogP) is 0.0384. The lowest BCUT2D eigenvalue weighted by atomic mass is 10.1. The zero-order valence-corrected chi connectivity index (χ0v) is 10.3. The van der Waals surface area contributed by atoms with Gasteiger partial charge in [-0.15, -0.1) is 0 Å². The summed E-state index contributed by atoms with van der Waals surface area (Å²) in [5.74, 6) is 0.112. The Morgan fingerprint density at radius 1 is 1.47 bits per heavy atom. The summed E-state index contributed by atoms with van der Waals surface area (Å²) in [6.07, 6.45) is 2.04. The highest BCUT2D eigenvalue weighted by Gasteiger charge is 2.27. The van der Waals surface area contributed by atoms with Crippen LogP contribution in [-0.4, -0.2) is 27.8 Å². The SMILES string of the molecule is Nc1ncnc(NC2CCC(=O)NC2=O)c1Br. The fraction of sp³-hybridized carbons (Fsp3) is 0.333. The van der Waals surface area contributed by atoms with Gasteiger partial charge >= 0.3 is 0 Å². The van der Waals surface area contributed by atoms with Crippen molar-refractivity contribution in [1.29, 1.82) is 0 Å². The number of aromatic nitrogens is 2. The molecule has 0 aromatic carbocycles. The quantitative estimate of drug-likeness (QED) is 0.665. The molecule has 2 heterocycles. The molecular formula is C9H10BrN5O2. The summed E-state index contributed by atoms with van der Waals surface area (Å²) in [4.78, 5) is 30.3. The molecule has 2 amide bonds. The monoisotopic (exact) mass is 299 g/mol. The summed E-state index contributed by atoms with van der Waals surface area (Å²) in [6, 6.07) is -0.488. The summed E-state index contributed by atoms with van der Waals surface area (Å²) in [6.45, 7) is 0. The van der Waals surface area contributed by atoms with Gasteiger partial charge < -0.3 is 11.1 Å². The number of nitrogen functional groups attached to an aromatic ring is 1. The Hall–Kier alpha value is -1.70. The molecule has 1 fully saturated rings. The first-order chi connectivity index (χ1) is 8.08. The molecule has 1 aromatic heterocycles. The van der Waals surface area contributed by atoms with E-state index >= 15 is 0 Å². The Morgan fingerprint density at radius 3 is 2.94 bits per heavy atom. The van der Waals surface area contributed by atoms with Crippen LogP contribution in [0, 0.1) is 0 Å². The van der Waals surface area contributed by atoms with Gasteiger partial charge in [-0.25, -0.2) is 9.97 Å². The molecule has 0 spiro atoms. The van der Waals surface area contributed by atoms with E-state index in [2.05, 4.69) is 36.5 Å². The van der Waals surface area contributed by atoms with E-state index in [1.54, 1.807) is 0 Å². The lowest BCUT2D eigenvalue weighted by molar-refractivity contribution is -0.133. The first kappa shape index (κ1) is 11.8. The average Bonchev–Trinajstić information content (AvgIpc) is 2.28. The van der Waals surface area contributed by atoms with Crippen LogP contribution in [0.25, 0.3) is 0 Å². The van der Waals surface area contributed by atoms with Crippen LogP contribution in [0.2, 0.25) is 0 Å². The summed E-state index contributed by atoms with van der Waals surface area (Å²) in [7, 11) is 0. The number of imide groups is 1. The molecule has 0 radical (unpaired) electrons. The fourth-order valence-electron chi connectivity index (χ4n) is 1.48. The summed E-state index contributed by atoms with van der Waals surface area (Å²) in [5, 5.41) is 5.17. The van der Waals surface area contributed by atoms with Gasteiger partial charge in [-0.3, -0.25) is 14.9 Å². The summed E-state index contributed by atoms with van der Waals surface area (Å²) in [5.41, 5.74) is 5.59. The van der Waals surface area contributed by atoms with Crippen molar-refractivity contribution in [3.63, 3.8) is 0 Å². The maximum atomic E-state index is 11.5. The molecular weight excluding hydrogens is 290 g/mol. The van der Waals surface area contributed by atoms with Crippen LogP contribution < -0.4 is 16.4 Å². The van der Waals surface area contributed by atoms with Crippen molar-refractivity contribution < 1.29 is 9.59 Å². The van der Waals surface area contributed by atoms with Crippen LogP contribution in [0.5, 0.6) is 0 Å². The minimum absolute atomic E-state index is 0.255. The Kier molecular flexibility index (Phi) is 3.23. The number of amides is 2. The average molecular weight is 300 g/mol. The van der Waals surface area contributed by atoms with E-state index in [-0.39, 0.29) is 17.6 Å². The second-order valence-electron chi connectivity index (χ2n) is 3.57. The molecule has 90 valence electrons. The Labute approximate surface area is 105 Å². The van der Waals surface area contributed by atoms with Crippen molar-refractivity contribution in [2.24, 2.45) is 0 Å². The molecule has 1 unspecified atom stereocenters. The van der Waals surface area contributed by atoms with E-state index < -0.39 is 6.04 Å². The molecule has 0 bridgehead atoms. The number of carbonyl (C=O) groups is 2. The largest absolute Gasteiger partial charge is 0.383 e. The van der Waals surface area contributed by atoms with E-state index in [1.165, 1.54) is 6.33 Å². The number of rotatable bonds is 2. The summed E-state index contributed by atoms with van der Waals surface area (Å²) < 4.78 is 0.504. The fourth-order valence-corrected chi connectivity index (χ4v) is 1.80. The molecule has 0 saturated carbocycles. The van der Waals surface area contributed by atoms with Crippen molar-refractivity contribution in [1.82, 2.24) is 15.3 Å². The number of nitrogens with zero attached hydrogens (tertiary/aromatic N) is 2. The smallest absolute Gasteiger partial charge is 0.249 e. The number of piperidine rings is 1. The molecule has 4 N–H and O–H groups in total. The normalized spacial score (nSPS) is 19.9. The van der Waals surface area contributed by atoms with Gasteiger partial charge in [-0.2, -0.15) is 0 Å². The minimum atomic E-state index is -0.488. The highest BCUT2D eigenvalue weighted by Crippen LogP contribution is 2.25. The third-order valence-electron chi connectivity index (χ3n) is 2.37. The number of carbonyl (C=O) groups excluding carboxylic acids is 2. The third kappa shape index (κ3) is 2.52. The summed E-state index contributed by atoms with van der Waals surface area (Å²) >= 11 is 3.23. The Bertz CT molecular complexity index is 478. The molecule has 1 aliphatic heterocycles. The number of hydrogen-bond donors (Lipinski definition) is 3. The van der Waals surface area contributed by atoms with Crippen molar-refractivity contribution >= 4 is 39.4 Å². The van der Waals surface area contributed by atoms with Gasteiger partial charge in [0.2, 0.25) is 11.8 Å². The number of nitrogens with one attached hydrogen (secondary N) is 2. The molecule has 8 heteroatoms. The Balaban J connectivity index is 2.13. The lowest BCUT2D eigenvalue weighted by Gasteiger charge is -2.22. The van der Waals surface area contributed by atoms with Crippen LogP contribution in [0.3, 0.4) is 0 Å². The number of hydrogen-bond acceptors (Lipinski definition) is 6. The van der Waals surface area contributed by atoms with Gasteiger partial charge in [0.15, 0.2) is 0 Å². The minimum Gasteiger partial charge on any atom is -0.383 e. The van der Waals surface area contributed by atoms with Gasteiger partial charge in [-0.05, 0) is 22.4 Å². The number of halogens is 1. The standard InChI is InChI=1S/C9H10BrN5O2/c10-6-7(11)12-3-13-8(6)14-4-1-2-5(16)15-9(4)17/h3-4H,1-2H2,(H,15,16,17)(H3,11,12,13,14). The van der Waals surface area contributed by atoms with E-state index in [1.807, 2.05) is 0 Å². The molecule has 17 heavy (non-hydrogen) atoms. The Morgan fingerprint density at radius 2 is 2.24 bits per heavy atom. The van der Waals surface area contributed by atoms with Crippen LogP contribution in [0.1, 0.15) is 12.8 Å². The van der Waals surface area contributed by atoms with Crippen LogP contribution in [-0.2, 0) is 9.59 Å². The van der Waals surface area contributed by atoms with Gasteiger partial charge in [0.25, 0.3) is 0 Å². The first-order valence-corrected chi connectivity index (χ1v) is 5.73. The van der Waals surface area contributed by atoms with Crippen LogP contribution in [0.4, 0.5) is 11.6 Å². The van der Waals surface area contributed by atoms with E-state index in [9.17, 15) is 9.59 Å². The van der Waals surface area contributed by atoms with Crippen molar-refractivity contribution in [3.05, 3.63) is 10.8 Å². The maximum Gasteiger partial charge on any atom is 0.249 e. The molecule has 2 rings (SSSR count). The predicted molar refractivity (Wildman–Crippen MR) is 63.9 cm³/mol. The first-order valence-electron chi connectivity index (χ1n) is 4.94. The van der Waals surface area contributed by atoms with Crippen molar-refractivity contribution in [3.8, 4) is 0 Å². The molecule has 1 atom stereocenters. The second-order valence-corrected chi connectivity index (χ2v) is 4.36. The third-order valence-corrected chi connectivity index (χ3v) is 3.15. The van der Waals surface area contributed by atoms with Crippen LogP contribution >= 0.6 is 15.9 Å². The van der Waals surface area contributed by atoms with Crippen molar-refractivity contribution in [2.45, 2.75) is 18.9 Å². The molecule has 1 saturated heterocycles. The number of nitrogens with two attached hydrogens (primary N) is 1. The van der Waals surface area contributed by atoms with Gasteiger partial charge in [0.1, 0.15) is 28.5 Å². The van der Waals surface area contributed by atoms with Gasteiger partial charge in [-0.1, -0.05) is 0 Å². The zero-order chi connectivity index (χ0) is 12.4. The lowest BCUT2D eigenvalue weighted by Crippen LogP contribution is -2.47. The molecule has 1 aliphatic rings. The molecule has 0 aliphatic carbocycles. The van der Waals surface area contributed by atoms with Crippen LogP contribution in [0.15, 0.2) is 10.8 Å². The highest BCUT2D eigenvalue weighted by molar-refractivity contribution is 9.10. The van der Waals surface area contributed by atoms with Gasteiger partial charge in [0, 0.05) is 6.42 Å². The topological polar surface area (TPSA) is 110 Å². The van der Waals surface area contributed by atoms with E-state index in [4.69, 9.17) is 5.73 Å². The zero-order valence-electron chi connectivity index (χ0n) is 8.74. The highest BCUT2D eigenvalue weighted by atomic mass is 79.9. The second kappa shape index (κ2) is 4.66. The maximum absolute atomic E-state index is 11.5. The van der Waals surface area contributed by atoms with Crippen molar-refractivity contribution in [2.75, 3.05) is 11.1 Å². The molecule has 7 nitrogen and oxygen atoms in total. The van der Waals surface area contributed by atoms with E-state index in [0.717, 1.165) is 0 Å².